The second kappa shape index (κ2) is 15.3. The van der Waals surface area contributed by atoms with Crippen LogP contribution in [-0.4, -0.2) is 15.0 Å². The van der Waals surface area contributed by atoms with Gasteiger partial charge >= 0.3 is 0 Å². The van der Waals surface area contributed by atoms with E-state index in [9.17, 15) is 0 Å². The van der Waals surface area contributed by atoms with Crippen molar-refractivity contribution in [1.29, 1.82) is 0 Å². The van der Waals surface area contributed by atoms with Gasteiger partial charge in [0.1, 0.15) is 22.7 Å². The Morgan fingerprint density at radius 3 is 1.42 bits per heavy atom. The largest absolute Gasteiger partial charge is 0.455 e. The number of nitrogens with zero attached hydrogens (tertiary/aromatic N) is 3. The highest BCUT2D eigenvalue weighted by Gasteiger charge is 2.53. The molecule has 71 heavy (non-hydrogen) atoms. The summed E-state index contributed by atoms with van der Waals surface area (Å²) in [6.07, 6.45) is 0. The summed E-state index contributed by atoms with van der Waals surface area (Å²) >= 11 is 0. The topological polar surface area (TPSA) is 61.0 Å². The van der Waals surface area contributed by atoms with Crippen molar-refractivity contribution < 1.29 is 9.15 Å². The number of rotatable bonds is 5. The normalized spacial score (nSPS) is 13.0. The van der Waals surface area contributed by atoms with Crippen LogP contribution in [0.4, 0.5) is 0 Å². The number of ether oxygens (including phenoxy) is 1. The number of fused-ring (bicyclic) bond motifs is 16. The maximum absolute atomic E-state index is 7.24. The lowest BCUT2D eigenvalue weighted by molar-refractivity contribution is 0.447. The third-order valence-electron chi connectivity index (χ3n) is 14.8. The Hall–Kier alpha value is -9.45. The van der Waals surface area contributed by atoms with Gasteiger partial charge < -0.3 is 9.15 Å². The molecule has 1 aliphatic heterocycles. The summed E-state index contributed by atoms with van der Waals surface area (Å²) in [7, 11) is 0. The van der Waals surface area contributed by atoms with E-state index in [-0.39, 0.29) is 0 Å². The molecule has 0 saturated heterocycles. The van der Waals surface area contributed by atoms with Crippen molar-refractivity contribution in [3.05, 3.63) is 259 Å². The van der Waals surface area contributed by atoms with E-state index in [1.165, 1.54) is 22.3 Å². The smallest absolute Gasteiger partial charge is 0.164 e. The second-order valence-electron chi connectivity index (χ2n) is 18.6. The molecule has 2 aliphatic rings. The summed E-state index contributed by atoms with van der Waals surface area (Å²) in [4.78, 5) is 15.4. The van der Waals surface area contributed by atoms with E-state index < -0.39 is 5.41 Å². The molecule has 2 aromatic heterocycles. The molecule has 0 radical (unpaired) electrons. The summed E-state index contributed by atoms with van der Waals surface area (Å²) in [6.45, 7) is 0. The van der Waals surface area contributed by atoms with E-state index in [1.807, 2.05) is 42.5 Å². The SMILES string of the molecule is c1ccc(-c2nc(-c3ccc(-c4cccc5c4C4(c6ccccc6-5)c5ccc6ccccc6c5Oc5c4ccc4ccccc54)cc3)nc(-c3ccc(-c4cccc5c4oc4ccccc45)cc3)n2)cc1. The summed E-state index contributed by atoms with van der Waals surface area (Å²) in [6, 6.07) is 83.9. The van der Waals surface area contributed by atoms with Gasteiger partial charge in [-0.25, -0.2) is 15.0 Å². The molecule has 5 nitrogen and oxygen atoms in total. The van der Waals surface area contributed by atoms with Crippen molar-refractivity contribution in [3.8, 4) is 79.0 Å². The number of benzene rings is 11. The Morgan fingerprint density at radius 1 is 0.296 bits per heavy atom. The van der Waals surface area contributed by atoms with Crippen molar-refractivity contribution in [2.75, 3.05) is 0 Å². The van der Waals surface area contributed by atoms with Crippen LogP contribution in [0.3, 0.4) is 0 Å². The zero-order valence-electron chi connectivity index (χ0n) is 38.2. The molecular formula is C66H39N3O2. The van der Waals surface area contributed by atoms with Crippen molar-refractivity contribution >= 4 is 43.5 Å². The first-order chi connectivity index (χ1) is 35.2. The first-order valence-electron chi connectivity index (χ1n) is 24.1. The van der Waals surface area contributed by atoms with Crippen LogP contribution in [0.15, 0.2) is 241 Å². The molecule has 13 aromatic rings. The van der Waals surface area contributed by atoms with E-state index in [0.29, 0.717) is 17.5 Å². The Labute approximate surface area is 409 Å². The molecule has 0 unspecified atom stereocenters. The predicted molar refractivity (Wildman–Crippen MR) is 287 cm³/mol. The van der Waals surface area contributed by atoms with Crippen LogP contribution in [0, 0.1) is 0 Å². The monoisotopic (exact) mass is 905 g/mol. The van der Waals surface area contributed by atoms with E-state index in [4.69, 9.17) is 24.1 Å². The molecule has 0 saturated carbocycles. The highest BCUT2D eigenvalue weighted by Crippen LogP contribution is 2.65. The molecule has 1 aliphatic carbocycles. The molecule has 15 rings (SSSR count). The molecule has 0 fully saturated rings. The maximum Gasteiger partial charge on any atom is 0.164 e. The molecule has 0 bridgehead atoms. The summed E-state index contributed by atoms with van der Waals surface area (Å²) in [5.41, 5.74) is 15.4. The minimum absolute atomic E-state index is 0.601. The van der Waals surface area contributed by atoms with Gasteiger partial charge in [0, 0.05) is 54.9 Å². The lowest BCUT2D eigenvalue weighted by Gasteiger charge is -2.41. The highest BCUT2D eigenvalue weighted by atomic mass is 16.5. The van der Waals surface area contributed by atoms with Crippen LogP contribution < -0.4 is 4.74 Å². The third-order valence-corrected chi connectivity index (χ3v) is 14.8. The van der Waals surface area contributed by atoms with Gasteiger partial charge in [-0.15, -0.1) is 0 Å². The number of hydrogen-bond acceptors (Lipinski definition) is 5. The predicted octanol–water partition coefficient (Wildman–Crippen LogP) is 16.9. The van der Waals surface area contributed by atoms with Crippen molar-refractivity contribution in [3.63, 3.8) is 0 Å². The summed E-state index contributed by atoms with van der Waals surface area (Å²) in [5.74, 6) is 3.62. The molecule has 1 spiro atoms. The minimum atomic E-state index is -0.681. The van der Waals surface area contributed by atoms with Crippen LogP contribution in [-0.2, 0) is 5.41 Å². The molecule has 0 atom stereocenters. The first kappa shape index (κ1) is 39.5. The molecular weight excluding hydrogens is 867 g/mol. The zero-order valence-corrected chi connectivity index (χ0v) is 38.2. The van der Waals surface area contributed by atoms with Crippen LogP contribution in [0.5, 0.6) is 11.5 Å². The Kier molecular flexibility index (Phi) is 8.51. The first-order valence-corrected chi connectivity index (χ1v) is 24.1. The van der Waals surface area contributed by atoms with Crippen molar-refractivity contribution in [1.82, 2.24) is 15.0 Å². The molecule has 330 valence electrons. The molecule has 0 N–H and O–H groups in total. The zero-order chi connectivity index (χ0) is 46.6. The summed E-state index contributed by atoms with van der Waals surface area (Å²) in [5, 5.41) is 6.70. The average molecular weight is 906 g/mol. The summed E-state index contributed by atoms with van der Waals surface area (Å²) < 4.78 is 13.6. The van der Waals surface area contributed by atoms with Crippen LogP contribution in [0.25, 0.3) is 111 Å². The van der Waals surface area contributed by atoms with E-state index in [1.54, 1.807) is 0 Å². The lowest BCUT2D eigenvalue weighted by atomic mass is 9.64. The van der Waals surface area contributed by atoms with Gasteiger partial charge in [-0.05, 0) is 55.8 Å². The Morgan fingerprint density at radius 2 is 0.761 bits per heavy atom. The van der Waals surface area contributed by atoms with Gasteiger partial charge in [-0.3, -0.25) is 0 Å². The molecule has 5 heteroatoms. The van der Waals surface area contributed by atoms with Crippen molar-refractivity contribution in [2.45, 2.75) is 5.41 Å². The van der Waals surface area contributed by atoms with Crippen molar-refractivity contribution in [2.24, 2.45) is 0 Å². The number of aromatic nitrogens is 3. The molecule has 11 aromatic carbocycles. The van der Waals surface area contributed by atoms with E-state index in [0.717, 1.165) is 105 Å². The van der Waals surface area contributed by atoms with Gasteiger partial charge in [-0.1, -0.05) is 231 Å². The fourth-order valence-electron chi connectivity index (χ4n) is 11.6. The Bertz CT molecular complexity index is 4220. The average Bonchev–Trinajstić information content (AvgIpc) is 3.98. The van der Waals surface area contributed by atoms with Gasteiger partial charge in [0.15, 0.2) is 17.5 Å². The van der Waals surface area contributed by atoms with Gasteiger partial charge in [0.25, 0.3) is 0 Å². The number of furan rings is 1. The molecule has 3 heterocycles. The quantitative estimate of drug-likeness (QED) is 0.172. The van der Waals surface area contributed by atoms with Gasteiger partial charge in [0.2, 0.25) is 0 Å². The Balaban J connectivity index is 0.878. The second-order valence-corrected chi connectivity index (χ2v) is 18.6. The number of hydrogen-bond donors (Lipinski definition) is 0. The lowest BCUT2D eigenvalue weighted by Crippen LogP contribution is -2.33. The van der Waals surface area contributed by atoms with Gasteiger partial charge in [-0.2, -0.15) is 0 Å². The highest BCUT2D eigenvalue weighted by molar-refractivity contribution is 6.09. The van der Waals surface area contributed by atoms with Crippen LogP contribution >= 0.6 is 0 Å². The standard InChI is InChI=1S/C66H39N3O2/c1-2-16-44(17-3-1)63-67-64(69-65(68-63)46-34-30-43(31-35-46)48-23-13-25-54-52-21-9-11-27-58(52)70-60(48)54)45-32-28-42(29-33-45)47-22-12-24-53-51-20-8-10-26-55(51)66(59(47)53)56-38-36-40-14-4-6-18-49(40)61(56)71-62-50-19-7-5-15-41(50)37-39-57(62)66/h1-39H. The maximum atomic E-state index is 7.24. The van der Waals surface area contributed by atoms with E-state index >= 15 is 0 Å². The fraction of sp³-hybridized carbons (Fsp3) is 0.0152. The minimum Gasteiger partial charge on any atom is -0.455 e. The van der Waals surface area contributed by atoms with Crippen LogP contribution in [0.2, 0.25) is 0 Å². The molecule has 0 amide bonds. The van der Waals surface area contributed by atoms with Crippen LogP contribution in [0.1, 0.15) is 22.3 Å². The van der Waals surface area contributed by atoms with E-state index in [2.05, 4.69) is 194 Å². The third kappa shape index (κ3) is 5.84. The van der Waals surface area contributed by atoms with Gasteiger partial charge in [0.05, 0.1) is 5.41 Å². The fourth-order valence-corrected chi connectivity index (χ4v) is 11.6. The number of para-hydroxylation sites is 2.